The Morgan fingerprint density at radius 3 is 2.10 bits per heavy atom. The minimum Gasteiger partial charge on any atom is -0.207 e. The molecule has 0 saturated heterocycles. The summed E-state index contributed by atoms with van der Waals surface area (Å²) in [4.78, 5) is 0. The molecule has 2 aromatic carbocycles. The van der Waals surface area contributed by atoms with E-state index >= 15 is 0 Å². The molecule has 0 aliphatic carbocycles. The molecule has 1 atom stereocenters. The van der Waals surface area contributed by atoms with E-state index in [0.717, 1.165) is 15.6 Å². The largest absolute Gasteiger partial charge is 0.207 e. The molecule has 1 unspecified atom stereocenters. The highest BCUT2D eigenvalue weighted by Crippen LogP contribution is 2.39. The Morgan fingerprint density at radius 1 is 1.00 bits per heavy atom. The van der Waals surface area contributed by atoms with Crippen LogP contribution in [0, 0.1) is 33.5 Å². The SMILES string of the molecule is Cc1cc(C)c(C)c(C(Cl)c2cc(F)ccc2Br)c1C. The average molecular weight is 356 g/mol. The van der Waals surface area contributed by atoms with Gasteiger partial charge in [0.25, 0.3) is 0 Å². The number of hydrogen-bond donors (Lipinski definition) is 0. The fourth-order valence-corrected chi connectivity index (χ4v) is 3.61. The first-order valence-electron chi connectivity index (χ1n) is 6.49. The summed E-state index contributed by atoms with van der Waals surface area (Å²) in [6.07, 6.45) is 0. The van der Waals surface area contributed by atoms with E-state index in [1.807, 2.05) is 0 Å². The van der Waals surface area contributed by atoms with Gasteiger partial charge in [-0.2, -0.15) is 0 Å². The van der Waals surface area contributed by atoms with Gasteiger partial charge in [-0.25, -0.2) is 4.39 Å². The molecule has 3 heteroatoms. The zero-order valence-corrected chi connectivity index (χ0v) is 14.4. The molecule has 0 N–H and O–H groups in total. The van der Waals surface area contributed by atoms with Crippen LogP contribution < -0.4 is 0 Å². The van der Waals surface area contributed by atoms with Crippen molar-refractivity contribution in [2.24, 2.45) is 0 Å². The van der Waals surface area contributed by atoms with E-state index in [2.05, 4.69) is 49.7 Å². The van der Waals surface area contributed by atoms with Gasteiger partial charge in [0.2, 0.25) is 0 Å². The third-order valence-electron chi connectivity index (χ3n) is 3.91. The predicted molar refractivity (Wildman–Crippen MR) is 87.2 cm³/mol. The summed E-state index contributed by atoms with van der Waals surface area (Å²) in [7, 11) is 0. The lowest BCUT2D eigenvalue weighted by molar-refractivity contribution is 0.625. The standard InChI is InChI=1S/C17H17BrClF/c1-9-7-10(2)12(4)16(11(9)3)17(19)14-8-13(20)5-6-15(14)18/h5-8,17H,1-4H3. The molecule has 2 rings (SSSR count). The van der Waals surface area contributed by atoms with Crippen LogP contribution in [0.15, 0.2) is 28.7 Å². The summed E-state index contributed by atoms with van der Waals surface area (Å²) in [5.41, 5.74) is 6.61. The molecule has 20 heavy (non-hydrogen) atoms. The molecule has 0 aromatic heterocycles. The van der Waals surface area contributed by atoms with Gasteiger partial charge in [-0.15, -0.1) is 11.6 Å². The van der Waals surface area contributed by atoms with Gasteiger partial charge in [-0.3, -0.25) is 0 Å². The molecule has 0 amide bonds. The topological polar surface area (TPSA) is 0 Å². The van der Waals surface area contributed by atoms with Gasteiger partial charge in [0.15, 0.2) is 0 Å². The van der Waals surface area contributed by atoms with Crippen molar-refractivity contribution in [1.29, 1.82) is 0 Å². The summed E-state index contributed by atoms with van der Waals surface area (Å²) in [5.74, 6) is -0.270. The van der Waals surface area contributed by atoms with Gasteiger partial charge in [0.05, 0.1) is 5.38 Å². The molecule has 0 saturated carbocycles. The van der Waals surface area contributed by atoms with Crippen LogP contribution in [0.2, 0.25) is 0 Å². The third-order valence-corrected chi connectivity index (χ3v) is 5.08. The monoisotopic (exact) mass is 354 g/mol. The van der Waals surface area contributed by atoms with Crippen LogP contribution >= 0.6 is 27.5 Å². The summed E-state index contributed by atoms with van der Waals surface area (Å²) >= 11 is 10.1. The molecule has 0 aliphatic rings. The normalized spacial score (nSPS) is 12.6. The maximum absolute atomic E-state index is 13.5. The number of hydrogen-bond acceptors (Lipinski definition) is 0. The highest BCUT2D eigenvalue weighted by Gasteiger charge is 2.20. The van der Waals surface area contributed by atoms with Crippen LogP contribution in [-0.2, 0) is 0 Å². The van der Waals surface area contributed by atoms with Crippen LogP contribution in [0.4, 0.5) is 4.39 Å². The van der Waals surface area contributed by atoms with Gasteiger partial charge in [-0.05, 0) is 79.3 Å². The number of benzene rings is 2. The van der Waals surface area contributed by atoms with Crippen molar-refractivity contribution in [2.75, 3.05) is 0 Å². The lowest BCUT2D eigenvalue weighted by Crippen LogP contribution is -2.04. The van der Waals surface area contributed by atoms with E-state index in [1.54, 1.807) is 6.07 Å². The van der Waals surface area contributed by atoms with Crippen molar-refractivity contribution in [3.8, 4) is 0 Å². The van der Waals surface area contributed by atoms with Crippen LogP contribution in [0.5, 0.6) is 0 Å². The van der Waals surface area contributed by atoms with Gasteiger partial charge in [-0.1, -0.05) is 22.0 Å². The van der Waals surface area contributed by atoms with Gasteiger partial charge in [0.1, 0.15) is 5.82 Å². The predicted octanol–water partition coefficient (Wildman–Crippen LogP) is 6.15. The molecule has 106 valence electrons. The maximum atomic E-state index is 13.5. The van der Waals surface area contributed by atoms with E-state index < -0.39 is 0 Å². The van der Waals surface area contributed by atoms with Crippen LogP contribution in [0.25, 0.3) is 0 Å². The summed E-state index contributed by atoms with van der Waals surface area (Å²) in [5, 5.41) is -0.362. The average Bonchev–Trinajstić information content (AvgIpc) is 2.39. The summed E-state index contributed by atoms with van der Waals surface area (Å²) < 4.78 is 14.3. The molecular formula is C17H17BrClF. The van der Waals surface area contributed by atoms with Crippen molar-refractivity contribution < 1.29 is 4.39 Å². The van der Waals surface area contributed by atoms with Gasteiger partial charge in [0, 0.05) is 4.47 Å². The minimum atomic E-state index is -0.362. The molecular weight excluding hydrogens is 339 g/mol. The second-order valence-corrected chi connectivity index (χ2v) is 6.49. The van der Waals surface area contributed by atoms with Crippen molar-refractivity contribution in [3.05, 3.63) is 67.9 Å². The zero-order valence-electron chi connectivity index (χ0n) is 12.0. The quantitative estimate of drug-likeness (QED) is 0.567. The van der Waals surface area contributed by atoms with Crippen molar-refractivity contribution in [3.63, 3.8) is 0 Å². The Morgan fingerprint density at radius 2 is 1.55 bits per heavy atom. The van der Waals surface area contributed by atoms with E-state index in [1.165, 1.54) is 34.4 Å². The molecule has 2 aromatic rings. The van der Waals surface area contributed by atoms with Crippen molar-refractivity contribution in [1.82, 2.24) is 0 Å². The molecule has 0 spiro atoms. The minimum absolute atomic E-state index is 0.270. The molecule has 0 aliphatic heterocycles. The lowest BCUT2D eigenvalue weighted by atomic mass is 9.90. The number of alkyl halides is 1. The zero-order chi connectivity index (χ0) is 15.0. The lowest BCUT2D eigenvalue weighted by Gasteiger charge is -2.21. The van der Waals surface area contributed by atoms with Crippen LogP contribution in [0.3, 0.4) is 0 Å². The highest BCUT2D eigenvalue weighted by molar-refractivity contribution is 9.10. The Kier molecular flexibility index (Phi) is 4.55. The maximum Gasteiger partial charge on any atom is 0.123 e. The Bertz CT molecular complexity index is 638. The van der Waals surface area contributed by atoms with E-state index in [0.29, 0.717) is 0 Å². The Hall–Kier alpha value is -0.860. The Labute approximate surface area is 133 Å². The number of rotatable bonds is 2. The Balaban J connectivity index is 2.65. The smallest absolute Gasteiger partial charge is 0.123 e. The first-order valence-corrected chi connectivity index (χ1v) is 7.72. The van der Waals surface area contributed by atoms with E-state index in [4.69, 9.17) is 11.6 Å². The van der Waals surface area contributed by atoms with Crippen molar-refractivity contribution >= 4 is 27.5 Å². The fraction of sp³-hybridized carbons (Fsp3) is 0.294. The van der Waals surface area contributed by atoms with E-state index in [-0.39, 0.29) is 11.2 Å². The highest BCUT2D eigenvalue weighted by atomic mass is 79.9. The molecule has 0 heterocycles. The number of aryl methyl sites for hydroxylation is 2. The molecule has 0 fully saturated rings. The summed E-state index contributed by atoms with van der Waals surface area (Å²) in [6, 6.07) is 6.79. The third kappa shape index (κ3) is 2.77. The van der Waals surface area contributed by atoms with Crippen LogP contribution in [-0.4, -0.2) is 0 Å². The fourth-order valence-electron chi connectivity index (χ4n) is 2.49. The first-order chi connectivity index (χ1) is 9.32. The van der Waals surface area contributed by atoms with Crippen LogP contribution in [0.1, 0.15) is 38.8 Å². The first kappa shape index (κ1) is 15.5. The molecule has 0 bridgehead atoms. The van der Waals surface area contributed by atoms with Gasteiger partial charge >= 0.3 is 0 Å². The van der Waals surface area contributed by atoms with E-state index in [9.17, 15) is 4.39 Å². The number of halogens is 3. The van der Waals surface area contributed by atoms with Crippen molar-refractivity contribution in [2.45, 2.75) is 33.1 Å². The van der Waals surface area contributed by atoms with Gasteiger partial charge < -0.3 is 0 Å². The summed E-state index contributed by atoms with van der Waals surface area (Å²) in [6.45, 7) is 8.30. The second-order valence-electron chi connectivity index (χ2n) is 5.20. The molecule has 0 nitrogen and oxygen atoms in total. The molecule has 0 radical (unpaired) electrons. The second kappa shape index (κ2) is 5.87.